The van der Waals surface area contributed by atoms with Crippen LogP contribution in [0.1, 0.15) is 24.8 Å². The van der Waals surface area contributed by atoms with Gasteiger partial charge in [-0.15, -0.1) is 0 Å². The molecule has 128 valence electrons. The van der Waals surface area contributed by atoms with E-state index in [9.17, 15) is 13.2 Å². The minimum Gasteiger partial charge on any atom is -0.492 e. The summed E-state index contributed by atoms with van der Waals surface area (Å²) in [5.74, 6) is -0.0880. The second-order valence-corrected chi connectivity index (χ2v) is 6.52. The maximum Gasteiger partial charge on any atom is 0.419 e. The summed E-state index contributed by atoms with van der Waals surface area (Å²) in [6.07, 6.45) is -0.996. The monoisotopic (exact) mass is 329 g/mol. The lowest BCUT2D eigenvalue weighted by Gasteiger charge is -2.33. The van der Waals surface area contributed by atoms with Crippen LogP contribution in [0.25, 0.3) is 0 Å². The highest BCUT2D eigenvalue weighted by molar-refractivity contribution is 5.35. The molecule has 0 bridgehead atoms. The number of hydrogen-bond acceptors (Lipinski definition) is 3. The van der Waals surface area contributed by atoms with Crippen LogP contribution in [-0.4, -0.2) is 44.4 Å². The van der Waals surface area contributed by atoms with E-state index < -0.39 is 11.7 Å². The molecule has 0 aromatic heterocycles. The highest BCUT2D eigenvalue weighted by Gasteiger charge is 2.39. The first-order valence-corrected chi connectivity index (χ1v) is 8.08. The standard InChI is InChI=1S/C17H22F3NO2/c18-17(19,20)14-4-1-2-5-15(14)23-11-9-21-8-7-16(12-21)6-3-10-22-13-16/h1-2,4-5H,3,6-13H2. The average Bonchev–Trinajstić information content (AvgIpc) is 2.90. The third-order valence-electron chi connectivity index (χ3n) is 4.78. The summed E-state index contributed by atoms with van der Waals surface area (Å²) < 4.78 is 49.7. The van der Waals surface area contributed by atoms with Gasteiger partial charge in [-0.1, -0.05) is 12.1 Å². The van der Waals surface area contributed by atoms with Gasteiger partial charge < -0.3 is 9.47 Å². The van der Waals surface area contributed by atoms with Gasteiger partial charge in [-0.2, -0.15) is 13.2 Å². The van der Waals surface area contributed by atoms with Crippen LogP contribution in [0.4, 0.5) is 13.2 Å². The zero-order chi connectivity index (χ0) is 16.3. The Labute approximate surface area is 134 Å². The van der Waals surface area contributed by atoms with Crippen molar-refractivity contribution in [1.82, 2.24) is 4.90 Å². The molecule has 2 fully saturated rings. The van der Waals surface area contributed by atoms with Crippen LogP contribution in [0.2, 0.25) is 0 Å². The first kappa shape index (κ1) is 16.6. The molecule has 0 amide bonds. The number of nitrogens with zero attached hydrogens (tertiary/aromatic N) is 1. The number of hydrogen-bond donors (Lipinski definition) is 0. The average molecular weight is 329 g/mol. The van der Waals surface area contributed by atoms with Gasteiger partial charge in [-0.25, -0.2) is 0 Å². The molecule has 6 heteroatoms. The zero-order valence-corrected chi connectivity index (χ0v) is 13.1. The maximum atomic E-state index is 12.9. The van der Waals surface area contributed by atoms with Crippen molar-refractivity contribution in [3.05, 3.63) is 29.8 Å². The number of benzene rings is 1. The fraction of sp³-hybridized carbons (Fsp3) is 0.647. The van der Waals surface area contributed by atoms with Gasteiger partial charge in [0, 0.05) is 25.1 Å². The Morgan fingerprint density at radius 2 is 2.04 bits per heavy atom. The van der Waals surface area contributed by atoms with Crippen LogP contribution >= 0.6 is 0 Å². The summed E-state index contributed by atoms with van der Waals surface area (Å²) in [6.45, 7) is 4.49. The zero-order valence-electron chi connectivity index (χ0n) is 13.1. The Morgan fingerprint density at radius 1 is 1.22 bits per heavy atom. The van der Waals surface area contributed by atoms with Gasteiger partial charge in [0.1, 0.15) is 12.4 Å². The summed E-state index contributed by atoms with van der Waals surface area (Å²) in [6, 6.07) is 5.38. The molecule has 0 saturated carbocycles. The molecule has 2 saturated heterocycles. The lowest BCUT2D eigenvalue weighted by molar-refractivity contribution is -0.139. The number of rotatable bonds is 4. The normalized spacial score (nSPS) is 25.9. The fourth-order valence-electron chi connectivity index (χ4n) is 3.56. The van der Waals surface area contributed by atoms with Crippen LogP contribution < -0.4 is 4.74 Å². The minimum absolute atomic E-state index is 0.0880. The highest BCUT2D eigenvalue weighted by atomic mass is 19.4. The number of alkyl halides is 3. The van der Waals surface area contributed by atoms with Crippen LogP contribution in [0.3, 0.4) is 0 Å². The molecule has 1 atom stereocenters. The SMILES string of the molecule is FC(F)(F)c1ccccc1OCCN1CCC2(CCCOC2)C1. The van der Waals surface area contributed by atoms with E-state index >= 15 is 0 Å². The Kier molecular flexibility index (Phi) is 4.82. The quantitative estimate of drug-likeness (QED) is 0.843. The van der Waals surface area contributed by atoms with Gasteiger partial charge in [0.25, 0.3) is 0 Å². The number of halogens is 3. The lowest BCUT2D eigenvalue weighted by Crippen LogP contribution is -2.36. The van der Waals surface area contributed by atoms with Crippen LogP contribution in [0, 0.1) is 5.41 Å². The van der Waals surface area contributed by atoms with Gasteiger partial charge in [0.15, 0.2) is 0 Å². The van der Waals surface area contributed by atoms with Gasteiger partial charge in [0.05, 0.1) is 12.2 Å². The fourth-order valence-corrected chi connectivity index (χ4v) is 3.56. The van der Waals surface area contributed by atoms with E-state index in [0.29, 0.717) is 6.54 Å². The summed E-state index contributed by atoms with van der Waals surface area (Å²) >= 11 is 0. The molecule has 2 aliphatic heterocycles. The van der Waals surface area contributed by atoms with Crippen molar-refractivity contribution in [3.63, 3.8) is 0 Å². The number of likely N-dealkylation sites (tertiary alicyclic amines) is 1. The Bertz CT molecular complexity index is 527. The predicted molar refractivity (Wildman–Crippen MR) is 80.5 cm³/mol. The molecular formula is C17H22F3NO2. The van der Waals surface area contributed by atoms with Gasteiger partial charge in [-0.3, -0.25) is 4.90 Å². The molecule has 2 aliphatic rings. The smallest absolute Gasteiger partial charge is 0.419 e. The molecule has 1 aromatic carbocycles. The number of ether oxygens (including phenoxy) is 2. The predicted octanol–water partition coefficient (Wildman–Crippen LogP) is 3.59. The minimum atomic E-state index is -4.38. The van der Waals surface area contributed by atoms with Crippen molar-refractivity contribution in [3.8, 4) is 5.75 Å². The van der Waals surface area contributed by atoms with Gasteiger partial charge in [0.2, 0.25) is 0 Å². The molecular weight excluding hydrogens is 307 g/mol. The first-order chi connectivity index (χ1) is 11.0. The third kappa shape index (κ3) is 3.98. The van der Waals surface area contributed by atoms with Crippen molar-refractivity contribution in [2.45, 2.75) is 25.4 Å². The first-order valence-electron chi connectivity index (χ1n) is 8.08. The molecule has 1 aromatic rings. The van der Waals surface area contributed by atoms with Gasteiger partial charge >= 0.3 is 6.18 Å². The largest absolute Gasteiger partial charge is 0.492 e. The second kappa shape index (κ2) is 6.69. The summed E-state index contributed by atoms with van der Waals surface area (Å²) in [5, 5.41) is 0. The van der Waals surface area contributed by atoms with Crippen LogP contribution in [0.15, 0.2) is 24.3 Å². The molecule has 0 radical (unpaired) electrons. The topological polar surface area (TPSA) is 21.7 Å². The Balaban J connectivity index is 1.51. The van der Waals surface area contributed by atoms with E-state index in [2.05, 4.69) is 4.90 Å². The molecule has 0 N–H and O–H groups in total. The summed E-state index contributed by atoms with van der Waals surface area (Å²) in [5.41, 5.74) is -0.458. The van der Waals surface area contributed by atoms with Crippen molar-refractivity contribution in [2.75, 3.05) is 39.5 Å². The Hall–Kier alpha value is -1.27. The van der Waals surface area contributed by atoms with Crippen molar-refractivity contribution in [2.24, 2.45) is 5.41 Å². The van der Waals surface area contributed by atoms with E-state index in [-0.39, 0.29) is 17.8 Å². The van der Waals surface area contributed by atoms with Gasteiger partial charge in [-0.05, 0) is 37.9 Å². The van der Waals surface area contributed by atoms with Crippen molar-refractivity contribution >= 4 is 0 Å². The highest BCUT2D eigenvalue weighted by Crippen LogP contribution is 2.38. The van der Waals surface area contributed by atoms with E-state index in [0.717, 1.165) is 45.2 Å². The van der Waals surface area contributed by atoms with Crippen molar-refractivity contribution < 1.29 is 22.6 Å². The van der Waals surface area contributed by atoms with Crippen LogP contribution in [-0.2, 0) is 10.9 Å². The molecule has 3 rings (SSSR count). The Morgan fingerprint density at radius 3 is 2.78 bits per heavy atom. The number of para-hydroxylation sites is 1. The summed E-state index contributed by atoms with van der Waals surface area (Å²) in [7, 11) is 0. The van der Waals surface area contributed by atoms with Crippen LogP contribution in [0.5, 0.6) is 5.75 Å². The summed E-state index contributed by atoms with van der Waals surface area (Å²) in [4.78, 5) is 2.27. The lowest BCUT2D eigenvalue weighted by atomic mass is 9.82. The molecule has 1 spiro atoms. The third-order valence-corrected chi connectivity index (χ3v) is 4.78. The molecule has 0 aliphatic carbocycles. The molecule has 2 heterocycles. The molecule has 23 heavy (non-hydrogen) atoms. The van der Waals surface area contributed by atoms with Crippen molar-refractivity contribution in [1.29, 1.82) is 0 Å². The molecule has 3 nitrogen and oxygen atoms in total. The second-order valence-electron chi connectivity index (χ2n) is 6.52. The van der Waals surface area contributed by atoms with E-state index in [4.69, 9.17) is 9.47 Å². The maximum absolute atomic E-state index is 12.9. The van der Waals surface area contributed by atoms with E-state index in [1.54, 1.807) is 6.07 Å². The van der Waals surface area contributed by atoms with E-state index in [1.165, 1.54) is 18.6 Å². The molecule has 1 unspecified atom stereocenters. The van der Waals surface area contributed by atoms with E-state index in [1.807, 2.05) is 0 Å².